The summed E-state index contributed by atoms with van der Waals surface area (Å²) in [6.45, 7) is 19.7. The summed E-state index contributed by atoms with van der Waals surface area (Å²) in [6, 6.07) is 1.48. The molecule has 4 saturated heterocycles. The average molecular weight is 335 g/mol. The normalized spacial score (nSPS) is 35.4. The minimum Gasteiger partial charge on any atom is -0.309 e. The van der Waals surface area contributed by atoms with Crippen molar-refractivity contribution >= 4 is 0 Å². The zero-order chi connectivity index (χ0) is 17.2. The minimum absolute atomic E-state index is 0.220. The van der Waals surface area contributed by atoms with Crippen molar-refractivity contribution in [3.8, 4) is 0 Å². The van der Waals surface area contributed by atoms with Crippen molar-refractivity contribution in [3.05, 3.63) is 0 Å². The maximum absolute atomic E-state index is 3.78. The molecule has 2 bridgehead atoms. The molecule has 4 aliphatic heterocycles. The Morgan fingerprint density at radius 3 is 1.83 bits per heavy atom. The van der Waals surface area contributed by atoms with Crippen LogP contribution in [-0.4, -0.2) is 77.3 Å². The molecule has 0 aromatic heterocycles. The number of hydrogen-bond acceptors (Lipinski definition) is 4. The average Bonchev–Trinajstić information content (AvgIpc) is 2.82. The quantitative estimate of drug-likeness (QED) is 0.837. The van der Waals surface area contributed by atoms with Crippen molar-refractivity contribution < 1.29 is 0 Å². The lowest BCUT2D eigenvalue weighted by molar-refractivity contribution is -0.125. The van der Waals surface area contributed by atoms with E-state index < -0.39 is 0 Å². The molecule has 0 aromatic carbocycles. The number of piperidine rings is 1. The van der Waals surface area contributed by atoms with Crippen molar-refractivity contribution in [2.24, 2.45) is 5.41 Å². The van der Waals surface area contributed by atoms with Gasteiger partial charge in [-0.2, -0.15) is 0 Å². The second kappa shape index (κ2) is 5.67. The molecule has 4 heteroatoms. The van der Waals surface area contributed by atoms with Crippen molar-refractivity contribution in [2.75, 3.05) is 39.3 Å². The number of hydrogen-bond donors (Lipinski definition) is 1. The van der Waals surface area contributed by atoms with E-state index in [-0.39, 0.29) is 5.66 Å². The molecule has 2 unspecified atom stereocenters. The Balaban J connectivity index is 1.34. The van der Waals surface area contributed by atoms with E-state index in [2.05, 4.69) is 54.6 Å². The molecular weight excluding hydrogens is 296 g/mol. The summed E-state index contributed by atoms with van der Waals surface area (Å²) in [4.78, 5) is 8.22. The van der Waals surface area contributed by atoms with Gasteiger partial charge in [-0.1, -0.05) is 0 Å². The number of nitrogens with zero attached hydrogens (tertiary/aromatic N) is 3. The lowest BCUT2D eigenvalue weighted by atomic mass is 9.70. The number of likely N-dealkylation sites (tertiary alicyclic amines) is 3. The summed E-state index contributed by atoms with van der Waals surface area (Å²) in [5.41, 5.74) is 1.20. The number of fused-ring (bicyclic) bond motifs is 2. The molecule has 4 heterocycles. The van der Waals surface area contributed by atoms with E-state index in [0.29, 0.717) is 11.0 Å². The van der Waals surface area contributed by atoms with Crippen LogP contribution in [0.2, 0.25) is 0 Å². The van der Waals surface area contributed by atoms with Crippen LogP contribution in [0.5, 0.6) is 0 Å². The molecule has 0 saturated carbocycles. The van der Waals surface area contributed by atoms with E-state index >= 15 is 0 Å². The molecule has 2 atom stereocenters. The van der Waals surface area contributed by atoms with Crippen molar-refractivity contribution in [1.29, 1.82) is 0 Å². The fourth-order valence-corrected chi connectivity index (χ4v) is 5.53. The Morgan fingerprint density at radius 1 is 0.792 bits per heavy atom. The highest BCUT2D eigenvalue weighted by Crippen LogP contribution is 2.44. The van der Waals surface area contributed by atoms with Gasteiger partial charge in [0.25, 0.3) is 0 Å². The first-order chi connectivity index (χ1) is 11.2. The highest BCUT2D eigenvalue weighted by Gasteiger charge is 2.50. The van der Waals surface area contributed by atoms with Crippen LogP contribution < -0.4 is 5.32 Å². The van der Waals surface area contributed by atoms with Gasteiger partial charge in [-0.3, -0.25) is 14.7 Å². The smallest absolute Gasteiger partial charge is 0.0680 e. The third kappa shape index (κ3) is 2.94. The Labute approximate surface area is 148 Å². The van der Waals surface area contributed by atoms with Gasteiger partial charge < -0.3 is 5.32 Å². The molecule has 0 aliphatic carbocycles. The van der Waals surface area contributed by atoms with Gasteiger partial charge in [0.1, 0.15) is 0 Å². The third-order valence-corrected chi connectivity index (χ3v) is 7.59. The summed E-state index contributed by atoms with van der Waals surface area (Å²) in [5.74, 6) is 0. The maximum atomic E-state index is 3.78. The molecule has 0 aromatic rings. The molecule has 24 heavy (non-hydrogen) atoms. The molecule has 4 fully saturated rings. The van der Waals surface area contributed by atoms with Gasteiger partial charge in [0.2, 0.25) is 0 Å². The van der Waals surface area contributed by atoms with Gasteiger partial charge in [-0.15, -0.1) is 0 Å². The SMILES string of the molecule is CC(C)(C)N1CC2(CCN(C(C)(C)N3CC4CCC(C3)N4)CC2)C1. The van der Waals surface area contributed by atoms with Gasteiger partial charge in [-0.25, -0.2) is 0 Å². The van der Waals surface area contributed by atoms with Gasteiger partial charge >= 0.3 is 0 Å². The van der Waals surface area contributed by atoms with Crippen LogP contribution in [0.25, 0.3) is 0 Å². The summed E-state index contributed by atoms with van der Waals surface area (Å²) >= 11 is 0. The number of nitrogens with one attached hydrogen (secondary N) is 1. The summed E-state index contributed by atoms with van der Waals surface area (Å²) in [5, 5.41) is 3.78. The van der Waals surface area contributed by atoms with E-state index in [9.17, 15) is 0 Å². The van der Waals surface area contributed by atoms with Gasteiger partial charge in [0, 0.05) is 56.9 Å². The molecule has 1 N–H and O–H groups in total. The maximum Gasteiger partial charge on any atom is 0.0680 e. The van der Waals surface area contributed by atoms with Gasteiger partial charge in [-0.05, 0) is 65.7 Å². The summed E-state index contributed by atoms with van der Waals surface area (Å²) < 4.78 is 0. The van der Waals surface area contributed by atoms with Crippen LogP contribution in [0.1, 0.15) is 60.3 Å². The molecule has 4 nitrogen and oxygen atoms in total. The monoisotopic (exact) mass is 334 g/mol. The fraction of sp³-hybridized carbons (Fsp3) is 1.00. The first-order valence-electron chi connectivity index (χ1n) is 10.2. The van der Waals surface area contributed by atoms with E-state index in [1.54, 1.807) is 0 Å². The predicted octanol–water partition coefficient (Wildman–Crippen LogP) is 2.36. The lowest BCUT2D eigenvalue weighted by Crippen LogP contribution is -2.69. The van der Waals surface area contributed by atoms with Crippen LogP contribution in [0.15, 0.2) is 0 Å². The van der Waals surface area contributed by atoms with Crippen molar-refractivity contribution in [1.82, 2.24) is 20.0 Å². The first-order valence-corrected chi connectivity index (χ1v) is 10.2. The predicted molar refractivity (Wildman–Crippen MR) is 100 cm³/mol. The lowest BCUT2D eigenvalue weighted by Gasteiger charge is -2.60. The van der Waals surface area contributed by atoms with Crippen LogP contribution in [-0.2, 0) is 0 Å². The van der Waals surface area contributed by atoms with Gasteiger partial charge in [0.15, 0.2) is 0 Å². The summed E-state index contributed by atoms with van der Waals surface area (Å²) in [7, 11) is 0. The van der Waals surface area contributed by atoms with Crippen LogP contribution in [0.4, 0.5) is 0 Å². The topological polar surface area (TPSA) is 21.8 Å². The van der Waals surface area contributed by atoms with E-state index in [4.69, 9.17) is 0 Å². The molecular formula is C20H38N4. The van der Waals surface area contributed by atoms with Crippen molar-refractivity contribution in [2.45, 2.75) is 83.6 Å². The van der Waals surface area contributed by atoms with Crippen LogP contribution in [0.3, 0.4) is 0 Å². The highest BCUT2D eigenvalue weighted by molar-refractivity contribution is 5.04. The number of piperazine rings is 1. The minimum atomic E-state index is 0.220. The zero-order valence-corrected chi connectivity index (χ0v) is 16.6. The highest BCUT2D eigenvalue weighted by atomic mass is 15.4. The van der Waals surface area contributed by atoms with Crippen molar-refractivity contribution in [3.63, 3.8) is 0 Å². The number of rotatable bonds is 2. The Kier molecular flexibility index (Phi) is 4.08. The Bertz CT molecular complexity index is 453. The molecule has 0 amide bonds. The first kappa shape index (κ1) is 17.3. The van der Waals surface area contributed by atoms with Gasteiger partial charge in [0.05, 0.1) is 5.66 Å². The largest absolute Gasteiger partial charge is 0.309 e. The fourth-order valence-electron chi connectivity index (χ4n) is 5.53. The van der Waals surface area contributed by atoms with E-state index in [1.165, 1.54) is 65.0 Å². The van der Waals surface area contributed by atoms with E-state index in [0.717, 1.165) is 12.1 Å². The molecule has 1 spiro atoms. The molecule has 4 aliphatic rings. The third-order valence-electron chi connectivity index (χ3n) is 7.59. The zero-order valence-electron chi connectivity index (χ0n) is 16.6. The molecule has 0 radical (unpaired) electrons. The van der Waals surface area contributed by atoms with E-state index in [1.807, 2.05) is 0 Å². The molecule has 4 rings (SSSR count). The second-order valence-electron chi connectivity index (χ2n) is 10.6. The Morgan fingerprint density at radius 2 is 1.33 bits per heavy atom. The molecule has 138 valence electrons. The second-order valence-corrected chi connectivity index (χ2v) is 10.6. The van der Waals surface area contributed by atoms with Crippen LogP contribution >= 0.6 is 0 Å². The Hall–Kier alpha value is -0.160. The van der Waals surface area contributed by atoms with Crippen LogP contribution in [0, 0.1) is 5.41 Å². The summed E-state index contributed by atoms with van der Waals surface area (Å²) in [6.07, 6.45) is 5.54. The standard InChI is InChI=1S/C20H38N4/c1-18(2,3)24-14-20(15-24)8-10-22(11-9-20)19(4,5)23-12-16-6-7-17(13-23)21-16/h16-17,21H,6-15H2,1-5H3.